The lowest BCUT2D eigenvalue weighted by Gasteiger charge is -2.28. The standard InChI is InChI=1S/C10H10Br2/c11-10(12)4-3-8-6-1-2-7(5-6)9(8)10/h1-4,6-9H,5H2. The van der Waals surface area contributed by atoms with Gasteiger partial charge in [-0.25, -0.2) is 0 Å². The summed E-state index contributed by atoms with van der Waals surface area (Å²) in [6.07, 6.45) is 10.8. The first-order valence-corrected chi connectivity index (χ1v) is 6.02. The third-order valence-electron chi connectivity index (χ3n) is 3.51. The number of fused-ring (bicyclic) bond motifs is 5. The minimum absolute atomic E-state index is 0.0921. The predicted molar refractivity (Wildman–Crippen MR) is 57.4 cm³/mol. The Labute approximate surface area is 89.4 Å². The van der Waals surface area contributed by atoms with Crippen molar-refractivity contribution in [2.24, 2.45) is 23.7 Å². The van der Waals surface area contributed by atoms with Crippen molar-refractivity contribution >= 4 is 31.9 Å². The Morgan fingerprint density at radius 1 is 1.08 bits per heavy atom. The summed E-state index contributed by atoms with van der Waals surface area (Å²) >= 11 is 7.49. The fourth-order valence-electron chi connectivity index (χ4n) is 3.02. The molecule has 0 aromatic carbocycles. The summed E-state index contributed by atoms with van der Waals surface area (Å²) < 4.78 is 0.0921. The second kappa shape index (κ2) is 2.27. The molecule has 3 aliphatic rings. The molecule has 0 spiro atoms. The molecule has 0 N–H and O–H groups in total. The first-order valence-electron chi connectivity index (χ1n) is 4.44. The Kier molecular flexibility index (Phi) is 1.48. The Morgan fingerprint density at radius 2 is 1.83 bits per heavy atom. The fraction of sp³-hybridized carbons (Fsp3) is 0.600. The van der Waals surface area contributed by atoms with Gasteiger partial charge in [-0.15, -0.1) is 0 Å². The number of hydrogen-bond acceptors (Lipinski definition) is 0. The van der Waals surface area contributed by atoms with Gasteiger partial charge in [0.05, 0.1) is 0 Å². The van der Waals surface area contributed by atoms with Crippen LogP contribution in [0, 0.1) is 23.7 Å². The van der Waals surface area contributed by atoms with Crippen molar-refractivity contribution in [1.82, 2.24) is 0 Å². The number of rotatable bonds is 0. The molecule has 4 atom stereocenters. The molecule has 0 aromatic rings. The zero-order valence-corrected chi connectivity index (χ0v) is 9.75. The van der Waals surface area contributed by atoms with E-state index in [9.17, 15) is 0 Å². The molecule has 0 heterocycles. The molecule has 0 saturated heterocycles. The zero-order valence-electron chi connectivity index (χ0n) is 6.58. The highest BCUT2D eigenvalue weighted by atomic mass is 79.9. The van der Waals surface area contributed by atoms with Crippen LogP contribution in [0.2, 0.25) is 0 Å². The Bertz CT molecular complexity index is 278. The fourth-order valence-corrected chi connectivity index (χ4v) is 4.61. The average Bonchev–Trinajstić information content (AvgIpc) is 2.61. The van der Waals surface area contributed by atoms with E-state index in [0.29, 0.717) is 0 Å². The summed E-state index contributed by atoms with van der Waals surface area (Å²) in [7, 11) is 0. The first kappa shape index (κ1) is 7.81. The van der Waals surface area contributed by atoms with Gasteiger partial charge < -0.3 is 0 Å². The number of hydrogen-bond donors (Lipinski definition) is 0. The van der Waals surface area contributed by atoms with E-state index in [4.69, 9.17) is 0 Å². The molecule has 0 amide bonds. The molecular formula is C10H10Br2. The van der Waals surface area contributed by atoms with Crippen LogP contribution in [0.25, 0.3) is 0 Å². The number of halogens is 2. The molecule has 1 saturated carbocycles. The van der Waals surface area contributed by atoms with Gasteiger partial charge in [0.15, 0.2) is 0 Å². The highest BCUT2D eigenvalue weighted by Crippen LogP contribution is 2.60. The molecule has 0 aliphatic heterocycles. The van der Waals surface area contributed by atoms with Crippen LogP contribution in [0.5, 0.6) is 0 Å². The van der Waals surface area contributed by atoms with Gasteiger partial charge >= 0.3 is 0 Å². The first-order chi connectivity index (χ1) is 5.68. The summed E-state index contributed by atoms with van der Waals surface area (Å²) in [5.41, 5.74) is 0. The van der Waals surface area contributed by atoms with Gasteiger partial charge in [0.2, 0.25) is 0 Å². The Balaban J connectivity index is 2.04. The van der Waals surface area contributed by atoms with E-state index in [1.807, 2.05) is 0 Å². The molecule has 1 fully saturated rings. The van der Waals surface area contributed by atoms with Crippen LogP contribution in [0.3, 0.4) is 0 Å². The number of alkyl halides is 2. The SMILES string of the molecule is BrC1(Br)C=CC2C3C=CC(C3)C21. The zero-order chi connectivity index (χ0) is 8.34. The molecule has 12 heavy (non-hydrogen) atoms. The van der Waals surface area contributed by atoms with Crippen molar-refractivity contribution < 1.29 is 0 Å². The second-order valence-electron chi connectivity index (χ2n) is 4.09. The minimum Gasteiger partial charge on any atom is -0.0847 e. The van der Waals surface area contributed by atoms with Crippen LogP contribution in [-0.4, -0.2) is 3.23 Å². The lowest BCUT2D eigenvalue weighted by atomic mass is 9.86. The van der Waals surface area contributed by atoms with Gasteiger partial charge in [0.1, 0.15) is 3.23 Å². The van der Waals surface area contributed by atoms with Crippen molar-refractivity contribution in [3.8, 4) is 0 Å². The topological polar surface area (TPSA) is 0 Å². The second-order valence-corrected chi connectivity index (χ2v) is 7.77. The summed E-state index contributed by atoms with van der Waals surface area (Å²) in [5.74, 6) is 3.17. The van der Waals surface area contributed by atoms with E-state index >= 15 is 0 Å². The van der Waals surface area contributed by atoms with E-state index in [0.717, 1.165) is 23.7 Å². The normalized spacial score (nSPS) is 51.8. The third kappa shape index (κ3) is 0.832. The predicted octanol–water partition coefficient (Wildman–Crippen LogP) is 3.48. The highest BCUT2D eigenvalue weighted by molar-refractivity contribution is 9.25. The van der Waals surface area contributed by atoms with Gasteiger partial charge in [0.25, 0.3) is 0 Å². The monoisotopic (exact) mass is 288 g/mol. The van der Waals surface area contributed by atoms with Gasteiger partial charge in [-0.1, -0.05) is 56.2 Å². The van der Waals surface area contributed by atoms with E-state index < -0.39 is 0 Å². The molecule has 2 bridgehead atoms. The molecule has 64 valence electrons. The molecule has 3 rings (SSSR count). The van der Waals surface area contributed by atoms with Crippen LogP contribution in [0.4, 0.5) is 0 Å². The van der Waals surface area contributed by atoms with E-state index in [1.54, 1.807) is 0 Å². The van der Waals surface area contributed by atoms with Gasteiger partial charge in [0, 0.05) is 5.92 Å². The summed E-state index contributed by atoms with van der Waals surface area (Å²) in [6, 6.07) is 0. The van der Waals surface area contributed by atoms with Crippen molar-refractivity contribution in [2.75, 3.05) is 0 Å². The van der Waals surface area contributed by atoms with Crippen molar-refractivity contribution in [3.05, 3.63) is 24.3 Å². The van der Waals surface area contributed by atoms with E-state index in [1.165, 1.54) is 6.42 Å². The average molecular weight is 290 g/mol. The highest BCUT2D eigenvalue weighted by Gasteiger charge is 2.53. The maximum atomic E-state index is 3.75. The lowest BCUT2D eigenvalue weighted by Crippen LogP contribution is -2.26. The number of allylic oxidation sites excluding steroid dienone is 4. The maximum Gasteiger partial charge on any atom is 0.102 e. The summed E-state index contributed by atoms with van der Waals surface area (Å²) in [4.78, 5) is 0. The largest absolute Gasteiger partial charge is 0.102 e. The van der Waals surface area contributed by atoms with Crippen LogP contribution >= 0.6 is 31.9 Å². The van der Waals surface area contributed by atoms with Crippen molar-refractivity contribution in [2.45, 2.75) is 9.65 Å². The molecule has 0 aromatic heterocycles. The minimum atomic E-state index is 0.0921. The molecule has 2 heteroatoms. The molecular weight excluding hydrogens is 280 g/mol. The van der Waals surface area contributed by atoms with Gasteiger partial charge in [-0.2, -0.15) is 0 Å². The molecule has 0 radical (unpaired) electrons. The summed E-state index contributed by atoms with van der Waals surface area (Å²) in [6.45, 7) is 0. The smallest absolute Gasteiger partial charge is 0.0847 e. The Morgan fingerprint density at radius 3 is 2.58 bits per heavy atom. The van der Waals surface area contributed by atoms with Crippen LogP contribution in [0.1, 0.15) is 6.42 Å². The van der Waals surface area contributed by atoms with Crippen molar-refractivity contribution in [3.63, 3.8) is 0 Å². The van der Waals surface area contributed by atoms with Crippen LogP contribution < -0.4 is 0 Å². The maximum absolute atomic E-state index is 3.75. The van der Waals surface area contributed by atoms with Crippen LogP contribution in [0.15, 0.2) is 24.3 Å². The molecule has 3 aliphatic carbocycles. The lowest BCUT2D eigenvalue weighted by molar-refractivity contribution is 0.397. The van der Waals surface area contributed by atoms with Gasteiger partial charge in [-0.05, 0) is 24.2 Å². The van der Waals surface area contributed by atoms with Crippen LogP contribution in [-0.2, 0) is 0 Å². The summed E-state index contributed by atoms with van der Waals surface area (Å²) in [5, 5.41) is 0. The molecule has 4 unspecified atom stereocenters. The van der Waals surface area contributed by atoms with E-state index in [-0.39, 0.29) is 3.23 Å². The van der Waals surface area contributed by atoms with Gasteiger partial charge in [-0.3, -0.25) is 0 Å². The molecule has 0 nitrogen and oxygen atoms in total. The van der Waals surface area contributed by atoms with Crippen molar-refractivity contribution in [1.29, 1.82) is 0 Å². The third-order valence-corrected chi connectivity index (χ3v) is 5.09. The quantitative estimate of drug-likeness (QED) is 0.473. The Hall–Kier alpha value is 0.440. The van der Waals surface area contributed by atoms with E-state index in [2.05, 4.69) is 56.2 Å².